The molecule has 0 saturated carbocycles. The first-order valence-corrected chi connectivity index (χ1v) is 18.6. The Labute approximate surface area is 318 Å². The third-order valence-corrected chi connectivity index (χ3v) is 10.3. The lowest BCUT2D eigenvalue weighted by Gasteiger charge is -2.23. The topological polar surface area (TPSA) is 160 Å². The van der Waals surface area contributed by atoms with Crippen LogP contribution in [0.15, 0.2) is 83.8 Å². The van der Waals surface area contributed by atoms with Crippen molar-refractivity contribution in [1.29, 1.82) is 0 Å². The first kappa shape index (κ1) is 35.8. The van der Waals surface area contributed by atoms with Crippen LogP contribution in [-0.4, -0.2) is 59.9 Å². The second kappa shape index (κ2) is 14.6. The molecule has 2 aliphatic heterocycles. The van der Waals surface area contributed by atoms with Gasteiger partial charge in [-0.05, 0) is 83.5 Å². The molecule has 1 fully saturated rings. The van der Waals surface area contributed by atoms with E-state index in [-0.39, 0.29) is 35.0 Å². The van der Waals surface area contributed by atoms with E-state index < -0.39 is 0 Å². The van der Waals surface area contributed by atoms with Gasteiger partial charge in [-0.2, -0.15) is 10.1 Å². The minimum Gasteiger partial charge on any atom is -0.374 e. The van der Waals surface area contributed by atoms with Crippen LogP contribution in [0, 0.1) is 6.92 Å². The zero-order valence-electron chi connectivity index (χ0n) is 31.3. The summed E-state index contributed by atoms with van der Waals surface area (Å²) in [6.45, 7) is 10.9. The highest BCUT2D eigenvalue weighted by Gasteiger charge is 2.27. The summed E-state index contributed by atoms with van der Waals surface area (Å²) in [7, 11) is 0. The van der Waals surface area contributed by atoms with Crippen molar-refractivity contribution in [2.24, 2.45) is 0 Å². The molecule has 1 unspecified atom stereocenters. The molecule has 6 aromatic rings. The first-order valence-electron chi connectivity index (χ1n) is 18.6. The highest BCUT2D eigenvalue weighted by molar-refractivity contribution is 6.01. The summed E-state index contributed by atoms with van der Waals surface area (Å²) in [5.41, 5.74) is 11.3. The Morgan fingerprint density at radius 3 is 2.53 bits per heavy atom. The molecule has 3 amide bonds. The Balaban J connectivity index is 0.896. The summed E-state index contributed by atoms with van der Waals surface area (Å²) in [5.74, 6) is -0.422. The Morgan fingerprint density at radius 1 is 0.964 bits per heavy atom. The Bertz CT molecular complexity index is 2430. The summed E-state index contributed by atoms with van der Waals surface area (Å²) in [5, 5.41) is 16.9. The van der Waals surface area contributed by atoms with Crippen molar-refractivity contribution >= 4 is 28.9 Å². The molecule has 3 aromatic carbocycles. The number of nitrogens with one attached hydrogen (secondary N) is 3. The zero-order chi connectivity index (χ0) is 38.3. The molecule has 55 heavy (non-hydrogen) atoms. The van der Waals surface area contributed by atoms with E-state index in [1.54, 1.807) is 6.33 Å². The van der Waals surface area contributed by atoms with Crippen molar-refractivity contribution in [3.63, 3.8) is 0 Å². The third-order valence-electron chi connectivity index (χ3n) is 10.3. The number of imide groups is 1. The monoisotopic (exact) mass is 737 g/mol. The standard InChI is InChI=1S/C42H43N9O4/c1-25-17-28(8-9-29(25)20-43-40(54)38-48-41(55-49-38)42(2,3)4)37-35-19-32(23-51(35)45-24-44-37)27-7-10-30-21-50(22-31(30)18-27)16-15-26-5-11-33(12-6-26)46-34-13-14-36(52)47-39(34)53/h5-12,17-19,23-24,34,46H,13-16,20-22H2,1-4H3,(H,43,54)(H,47,52,53). The van der Waals surface area contributed by atoms with Crippen molar-refractivity contribution in [3.8, 4) is 22.4 Å². The predicted molar refractivity (Wildman–Crippen MR) is 207 cm³/mol. The normalized spacial score (nSPS) is 16.0. The van der Waals surface area contributed by atoms with Crippen molar-refractivity contribution in [1.82, 2.24) is 40.3 Å². The largest absolute Gasteiger partial charge is 0.374 e. The number of rotatable bonds is 10. The van der Waals surface area contributed by atoms with Gasteiger partial charge in [-0.25, -0.2) is 9.50 Å². The van der Waals surface area contributed by atoms with Crippen LogP contribution in [0.1, 0.15) is 77.9 Å². The molecule has 0 bridgehead atoms. The molecule has 0 spiro atoms. The molecule has 280 valence electrons. The number of anilines is 1. The lowest BCUT2D eigenvalue weighted by Crippen LogP contribution is -2.47. The number of fused-ring (bicyclic) bond motifs is 2. The zero-order valence-corrected chi connectivity index (χ0v) is 31.3. The molecule has 3 aromatic heterocycles. The van der Waals surface area contributed by atoms with Gasteiger partial charge < -0.3 is 15.2 Å². The van der Waals surface area contributed by atoms with Crippen LogP contribution < -0.4 is 16.0 Å². The van der Waals surface area contributed by atoms with E-state index in [0.717, 1.165) is 70.8 Å². The molecular weight excluding hydrogens is 695 g/mol. The number of carbonyl (C=O) groups is 3. The Hall–Kier alpha value is -6.21. The second-order valence-electron chi connectivity index (χ2n) is 15.5. The fraction of sp³-hybridized carbons (Fsp3) is 0.310. The number of hydrogen-bond acceptors (Lipinski definition) is 10. The van der Waals surface area contributed by atoms with Crippen LogP contribution in [0.5, 0.6) is 0 Å². The third kappa shape index (κ3) is 7.74. The van der Waals surface area contributed by atoms with Crippen molar-refractivity contribution in [2.45, 2.75) is 78.0 Å². The van der Waals surface area contributed by atoms with Gasteiger partial charge in [-0.1, -0.05) is 62.3 Å². The second-order valence-corrected chi connectivity index (χ2v) is 15.5. The van der Waals surface area contributed by atoms with Crippen LogP contribution in [0.2, 0.25) is 0 Å². The maximum absolute atomic E-state index is 12.7. The molecule has 2 aliphatic rings. The van der Waals surface area contributed by atoms with E-state index in [4.69, 9.17) is 4.52 Å². The number of benzene rings is 3. The number of nitrogens with zero attached hydrogens (tertiary/aromatic N) is 6. The quantitative estimate of drug-likeness (QED) is 0.148. The lowest BCUT2D eigenvalue weighted by atomic mass is 9.97. The SMILES string of the molecule is Cc1cc(-c2ncnn3cc(-c4ccc5c(c4)CN(CCc4ccc(NC6CCC(=O)NC6=O)cc4)C5)cc23)ccc1CNC(=O)c1noc(C(C)(C)C)n1. The van der Waals surface area contributed by atoms with Crippen molar-refractivity contribution in [2.75, 3.05) is 11.9 Å². The summed E-state index contributed by atoms with van der Waals surface area (Å²) >= 11 is 0. The molecule has 0 aliphatic carbocycles. The van der Waals surface area contributed by atoms with Gasteiger partial charge in [0.15, 0.2) is 0 Å². The van der Waals surface area contributed by atoms with Gasteiger partial charge in [0.1, 0.15) is 12.4 Å². The van der Waals surface area contributed by atoms with Crippen molar-refractivity contribution < 1.29 is 18.9 Å². The maximum atomic E-state index is 12.7. The first-order chi connectivity index (χ1) is 26.5. The smallest absolute Gasteiger partial charge is 0.292 e. The molecule has 13 nitrogen and oxygen atoms in total. The molecular formula is C42H43N9O4. The molecule has 8 rings (SSSR count). The van der Waals surface area contributed by atoms with Crippen LogP contribution in [0.3, 0.4) is 0 Å². The molecule has 1 atom stereocenters. The summed E-state index contributed by atoms with van der Waals surface area (Å²) in [4.78, 5) is 47.7. The number of piperidine rings is 1. The fourth-order valence-electron chi connectivity index (χ4n) is 7.12. The fourth-order valence-corrected chi connectivity index (χ4v) is 7.12. The van der Waals surface area contributed by atoms with Gasteiger partial charge in [0.2, 0.25) is 17.7 Å². The minimum absolute atomic E-state index is 0.0228. The average molecular weight is 738 g/mol. The Morgan fingerprint density at radius 2 is 1.76 bits per heavy atom. The van der Waals surface area contributed by atoms with Crippen LogP contribution in [-0.2, 0) is 41.1 Å². The van der Waals surface area contributed by atoms with E-state index in [9.17, 15) is 14.4 Å². The van der Waals surface area contributed by atoms with Crippen LogP contribution >= 0.6 is 0 Å². The molecule has 1 saturated heterocycles. The summed E-state index contributed by atoms with van der Waals surface area (Å²) in [6, 6.07) is 22.8. The Kier molecular flexibility index (Phi) is 9.47. The number of aryl methyl sites for hydroxylation is 1. The van der Waals surface area contributed by atoms with Crippen LogP contribution in [0.25, 0.3) is 27.9 Å². The average Bonchev–Trinajstić information content (AvgIpc) is 3.93. The van der Waals surface area contributed by atoms with Gasteiger partial charge in [-0.15, -0.1) is 0 Å². The number of amides is 3. The van der Waals surface area contributed by atoms with E-state index in [2.05, 4.69) is 83.5 Å². The van der Waals surface area contributed by atoms with E-state index >= 15 is 0 Å². The maximum Gasteiger partial charge on any atom is 0.292 e. The van der Waals surface area contributed by atoms with Gasteiger partial charge in [-0.3, -0.25) is 24.6 Å². The molecule has 0 radical (unpaired) electrons. The molecule has 5 heterocycles. The summed E-state index contributed by atoms with van der Waals surface area (Å²) < 4.78 is 7.15. The minimum atomic E-state index is -0.388. The number of carbonyl (C=O) groups excluding carboxylic acids is 3. The van der Waals surface area contributed by atoms with Gasteiger partial charge >= 0.3 is 0 Å². The van der Waals surface area contributed by atoms with Gasteiger partial charge in [0, 0.05) is 61.0 Å². The van der Waals surface area contributed by atoms with Gasteiger partial charge in [0.25, 0.3) is 11.7 Å². The highest BCUT2D eigenvalue weighted by Crippen LogP contribution is 2.32. The number of hydrogen-bond donors (Lipinski definition) is 3. The van der Waals surface area contributed by atoms with E-state index in [0.29, 0.717) is 25.3 Å². The van der Waals surface area contributed by atoms with E-state index in [1.165, 1.54) is 16.7 Å². The van der Waals surface area contributed by atoms with E-state index in [1.807, 2.05) is 62.7 Å². The van der Waals surface area contributed by atoms with Crippen molar-refractivity contribution in [3.05, 3.63) is 119 Å². The lowest BCUT2D eigenvalue weighted by molar-refractivity contribution is -0.133. The number of aromatic nitrogens is 5. The summed E-state index contributed by atoms with van der Waals surface area (Å²) in [6.07, 6.45) is 5.40. The van der Waals surface area contributed by atoms with Crippen LogP contribution in [0.4, 0.5) is 5.69 Å². The predicted octanol–water partition coefficient (Wildman–Crippen LogP) is 5.76. The molecule has 3 N–H and O–H groups in total. The molecule has 13 heteroatoms. The van der Waals surface area contributed by atoms with Gasteiger partial charge in [0.05, 0.1) is 11.2 Å². The highest BCUT2D eigenvalue weighted by atomic mass is 16.5.